The summed E-state index contributed by atoms with van der Waals surface area (Å²) >= 11 is 0. The highest BCUT2D eigenvalue weighted by atomic mass is 16.4. The molecular weight excluding hydrogens is 258 g/mol. The maximum atomic E-state index is 11.9. The number of terminal acetylenes is 1. The first-order valence-corrected chi connectivity index (χ1v) is 5.74. The Balaban J connectivity index is 2.70. The minimum atomic E-state index is -1.14. The molecule has 6 nitrogen and oxygen atoms in total. The smallest absolute Gasteiger partial charge is 0.323 e. The lowest BCUT2D eigenvalue weighted by molar-refractivity contribution is -0.137. The molecule has 0 aliphatic rings. The van der Waals surface area contributed by atoms with E-state index in [4.69, 9.17) is 16.8 Å². The summed E-state index contributed by atoms with van der Waals surface area (Å²) in [6.45, 7) is -0.562. The van der Waals surface area contributed by atoms with Crippen molar-refractivity contribution in [1.29, 1.82) is 5.26 Å². The van der Waals surface area contributed by atoms with Crippen molar-refractivity contribution in [2.24, 2.45) is 0 Å². The molecule has 0 bridgehead atoms. The number of nitriles is 1. The molecule has 0 aliphatic carbocycles. The maximum absolute atomic E-state index is 11.9. The second-order valence-electron chi connectivity index (χ2n) is 3.92. The third-order valence-electron chi connectivity index (χ3n) is 2.38. The number of amides is 2. The Kier molecular flexibility index (Phi) is 5.61. The number of hydrogen-bond donors (Lipinski definition) is 2. The van der Waals surface area contributed by atoms with Gasteiger partial charge in [-0.1, -0.05) is 18.1 Å². The van der Waals surface area contributed by atoms with Crippen LogP contribution >= 0.6 is 0 Å². The van der Waals surface area contributed by atoms with Gasteiger partial charge in [-0.3, -0.25) is 4.79 Å². The van der Waals surface area contributed by atoms with Gasteiger partial charge in [-0.15, -0.1) is 6.42 Å². The Morgan fingerprint density at radius 2 is 2.00 bits per heavy atom. The number of nitrogens with one attached hydrogen (secondary N) is 1. The van der Waals surface area contributed by atoms with Crippen molar-refractivity contribution in [3.05, 3.63) is 29.8 Å². The number of rotatable bonds is 5. The lowest BCUT2D eigenvalue weighted by atomic mass is 10.1. The van der Waals surface area contributed by atoms with Crippen LogP contribution in [0.25, 0.3) is 0 Å². The molecule has 1 aromatic rings. The third-order valence-corrected chi connectivity index (χ3v) is 2.38. The van der Waals surface area contributed by atoms with Crippen LogP contribution in [0.2, 0.25) is 0 Å². The quantitative estimate of drug-likeness (QED) is 0.789. The highest BCUT2D eigenvalue weighted by Crippen LogP contribution is 2.10. The summed E-state index contributed by atoms with van der Waals surface area (Å²) < 4.78 is 0. The number of carbonyl (C=O) groups excluding carboxylic acids is 1. The van der Waals surface area contributed by atoms with Crippen LogP contribution in [-0.2, 0) is 11.2 Å². The minimum absolute atomic E-state index is 0.0926. The van der Waals surface area contributed by atoms with E-state index in [2.05, 4.69) is 11.2 Å². The number of aliphatic carboxylic acids is 1. The molecule has 0 spiro atoms. The Bertz CT molecular complexity index is 567. The maximum Gasteiger partial charge on any atom is 0.323 e. The molecule has 0 atom stereocenters. The van der Waals surface area contributed by atoms with Gasteiger partial charge in [0.1, 0.15) is 6.54 Å². The normalized spacial score (nSPS) is 9.10. The summed E-state index contributed by atoms with van der Waals surface area (Å²) in [6.07, 6.45) is 5.38. The van der Waals surface area contributed by atoms with E-state index in [0.717, 1.165) is 10.5 Å². The predicted molar refractivity (Wildman–Crippen MR) is 72.8 cm³/mol. The third kappa shape index (κ3) is 4.71. The average Bonchev–Trinajstić information content (AvgIpc) is 2.40. The second-order valence-corrected chi connectivity index (χ2v) is 3.92. The van der Waals surface area contributed by atoms with E-state index < -0.39 is 18.5 Å². The van der Waals surface area contributed by atoms with Gasteiger partial charge in [0.25, 0.3) is 0 Å². The van der Waals surface area contributed by atoms with Gasteiger partial charge in [0.15, 0.2) is 0 Å². The summed E-state index contributed by atoms with van der Waals surface area (Å²) in [5.41, 5.74) is 1.33. The summed E-state index contributed by atoms with van der Waals surface area (Å²) in [5, 5.41) is 19.8. The zero-order valence-electron chi connectivity index (χ0n) is 10.7. The molecule has 0 aromatic heterocycles. The lowest BCUT2D eigenvalue weighted by Gasteiger charge is -2.18. The van der Waals surface area contributed by atoms with Crippen LogP contribution < -0.4 is 5.32 Å². The molecule has 1 aromatic carbocycles. The molecule has 102 valence electrons. The Morgan fingerprint density at radius 3 is 2.50 bits per heavy atom. The van der Waals surface area contributed by atoms with Crippen molar-refractivity contribution in [2.75, 3.05) is 18.4 Å². The number of urea groups is 1. The number of carbonyl (C=O) groups is 2. The zero-order chi connectivity index (χ0) is 15.0. The number of benzene rings is 1. The second kappa shape index (κ2) is 7.45. The van der Waals surface area contributed by atoms with Crippen LogP contribution in [0.4, 0.5) is 10.5 Å². The van der Waals surface area contributed by atoms with Crippen LogP contribution in [0.5, 0.6) is 0 Å². The highest BCUT2D eigenvalue weighted by Gasteiger charge is 2.15. The first-order valence-electron chi connectivity index (χ1n) is 5.74. The number of anilines is 1. The summed E-state index contributed by atoms with van der Waals surface area (Å²) in [4.78, 5) is 23.5. The highest BCUT2D eigenvalue weighted by molar-refractivity contribution is 5.91. The molecule has 20 heavy (non-hydrogen) atoms. The number of nitrogens with zero attached hydrogens (tertiary/aromatic N) is 2. The molecule has 0 aliphatic heterocycles. The Hall–Kier alpha value is -2.99. The van der Waals surface area contributed by atoms with E-state index in [1.54, 1.807) is 24.3 Å². The molecule has 6 heteroatoms. The molecule has 0 saturated carbocycles. The topological polar surface area (TPSA) is 93.4 Å². The van der Waals surface area contributed by atoms with Gasteiger partial charge < -0.3 is 15.3 Å². The first-order chi connectivity index (χ1) is 9.56. The molecule has 1 rings (SSSR count). The van der Waals surface area contributed by atoms with Crippen LogP contribution in [0.15, 0.2) is 24.3 Å². The van der Waals surface area contributed by atoms with E-state index in [1.165, 1.54) is 0 Å². The number of carboxylic acid groups (broad SMARTS) is 1. The van der Waals surface area contributed by atoms with Gasteiger partial charge in [0.2, 0.25) is 0 Å². The van der Waals surface area contributed by atoms with Crippen LogP contribution in [-0.4, -0.2) is 35.1 Å². The average molecular weight is 271 g/mol. The van der Waals surface area contributed by atoms with Crippen molar-refractivity contribution in [3.8, 4) is 18.4 Å². The van der Waals surface area contributed by atoms with Crippen LogP contribution in [0.3, 0.4) is 0 Å². The van der Waals surface area contributed by atoms with Gasteiger partial charge in [0.05, 0.1) is 19.0 Å². The summed E-state index contributed by atoms with van der Waals surface area (Å²) in [5.74, 6) is 1.09. The first kappa shape index (κ1) is 15.1. The van der Waals surface area contributed by atoms with Crippen molar-refractivity contribution in [2.45, 2.75) is 6.42 Å². The summed E-state index contributed by atoms with van der Waals surface area (Å²) in [6, 6.07) is 8.13. The largest absolute Gasteiger partial charge is 0.480 e. The van der Waals surface area contributed by atoms with Crippen LogP contribution in [0, 0.1) is 23.7 Å². The van der Waals surface area contributed by atoms with Crippen molar-refractivity contribution in [3.63, 3.8) is 0 Å². The SMILES string of the molecule is C#CCN(CC(=O)O)C(=O)Nc1ccc(CC#N)cc1. The molecule has 0 heterocycles. The lowest BCUT2D eigenvalue weighted by Crippen LogP contribution is -2.39. The van der Waals surface area contributed by atoms with Gasteiger partial charge in [-0.25, -0.2) is 4.79 Å². The predicted octanol–water partition coefficient (Wildman–Crippen LogP) is 1.30. The summed E-state index contributed by atoms with van der Waals surface area (Å²) in [7, 11) is 0. The fourth-order valence-corrected chi connectivity index (χ4v) is 1.47. The van der Waals surface area contributed by atoms with E-state index >= 15 is 0 Å². The van der Waals surface area contributed by atoms with Crippen LogP contribution in [0.1, 0.15) is 5.56 Å². The van der Waals surface area contributed by atoms with Gasteiger partial charge in [-0.2, -0.15) is 5.26 Å². The van der Waals surface area contributed by atoms with E-state index in [-0.39, 0.29) is 13.0 Å². The fraction of sp³-hybridized carbons (Fsp3) is 0.214. The molecule has 0 unspecified atom stereocenters. The molecular formula is C14H13N3O3. The fourth-order valence-electron chi connectivity index (χ4n) is 1.47. The van der Waals surface area contributed by atoms with Crippen molar-refractivity contribution < 1.29 is 14.7 Å². The van der Waals surface area contributed by atoms with Gasteiger partial charge in [-0.05, 0) is 17.7 Å². The molecule has 2 amide bonds. The Labute approximate surface area is 116 Å². The molecule has 2 N–H and O–H groups in total. The number of carboxylic acids is 1. The molecule has 0 radical (unpaired) electrons. The van der Waals surface area contributed by atoms with Gasteiger partial charge in [0, 0.05) is 5.69 Å². The minimum Gasteiger partial charge on any atom is -0.480 e. The molecule has 0 fully saturated rings. The van der Waals surface area contributed by atoms with Gasteiger partial charge >= 0.3 is 12.0 Å². The number of hydrogen-bond acceptors (Lipinski definition) is 3. The zero-order valence-corrected chi connectivity index (χ0v) is 10.7. The monoisotopic (exact) mass is 271 g/mol. The van der Waals surface area contributed by atoms with Crippen molar-refractivity contribution >= 4 is 17.7 Å². The van der Waals surface area contributed by atoms with Crippen molar-refractivity contribution in [1.82, 2.24) is 4.90 Å². The molecule has 0 saturated heterocycles. The standard InChI is InChI=1S/C14H13N3O3/c1-2-9-17(10-13(18)19)14(20)16-12-5-3-11(4-6-12)7-8-15/h1,3-6H,7,9-10H2,(H,16,20)(H,18,19). The van der Waals surface area contributed by atoms with E-state index in [9.17, 15) is 9.59 Å². The van der Waals surface area contributed by atoms with E-state index in [1.807, 2.05) is 6.07 Å². The Morgan fingerprint density at radius 1 is 1.35 bits per heavy atom. The van der Waals surface area contributed by atoms with E-state index in [0.29, 0.717) is 5.69 Å².